The number of aromatic nitrogens is 2. The maximum Gasteiger partial charge on any atom is 0.219 e. The van der Waals surface area contributed by atoms with Gasteiger partial charge in [0.2, 0.25) is 5.91 Å². The number of alkyl halides is 1. The number of carbonyl (C=O) groups excluding carboxylic acids is 1. The van der Waals surface area contributed by atoms with Crippen LogP contribution in [0, 0.1) is 11.8 Å². The molecule has 1 aliphatic rings. The van der Waals surface area contributed by atoms with Crippen LogP contribution in [0.3, 0.4) is 0 Å². The molecule has 38 heavy (non-hydrogen) atoms. The predicted molar refractivity (Wildman–Crippen MR) is 146 cm³/mol. The first-order valence-electron chi connectivity index (χ1n) is 12.0. The van der Waals surface area contributed by atoms with Crippen LogP contribution < -0.4 is 15.4 Å². The molecule has 200 valence electrons. The maximum atomic E-state index is 14.8. The number of halogens is 1. The van der Waals surface area contributed by atoms with E-state index in [4.69, 9.17) is 4.74 Å². The van der Waals surface area contributed by atoms with Crippen LogP contribution >= 0.6 is 0 Å². The van der Waals surface area contributed by atoms with Crippen LogP contribution in [-0.2, 0) is 14.6 Å². The summed E-state index contributed by atoms with van der Waals surface area (Å²) in [6.45, 7) is 6.16. The van der Waals surface area contributed by atoms with Crippen LogP contribution in [0.15, 0.2) is 48.0 Å². The van der Waals surface area contributed by atoms with Crippen LogP contribution in [-0.4, -0.2) is 73.8 Å². The van der Waals surface area contributed by atoms with Gasteiger partial charge >= 0.3 is 0 Å². The molecule has 9 nitrogen and oxygen atoms in total. The summed E-state index contributed by atoms with van der Waals surface area (Å²) in [6.07, 6.45) is 3.94. The molecule has 1 fully saturated rings. The van der Waals surface area contributed by atoms with Gasteiger partial charge in [-0.25, -0.2) is 17.8 Å². The third-order valence-electron chi connectivity index (χ3n) is 6.38. The summed E-state index contributed by atoms with van der Waals surface area (Å²) >= 11 is 0. The Kier molecular flexibility index (Phi) is 7.92. The molecule has 0 unspecified atom stereocenters. The molecule has 0 spiro atoms. The van der Waals surface area contributed by atoms with Crippen molar-refractivity contribution in [2.75, 3.05) is 43.6 Å². The van der Waals surface area contributed by atoms with Crippen molar-refractivity contribution in [2.45, 2.75) is 30.5 Å². The van der Waals surface area contributed by atoms with Crippen LogP contribution in [0.5, 0.6) is 5.75 Å². The number of hydrogen-bond donors (Lipinski definition) is 2. The van der Waals surface area contributed by atoms with E-state index in [-0.39, 0.29) is 23.9 Å². The molecular formula is C27H30FN5O4S. The quantitative estimate of drug-likeness (QED) is 0.444. The van der Waals surface area contributed by atoms with E-state index in [2.05, 4.69) is 34.0 Å². The van der Waals surface area contributed by atoms with Crippen LogP contribution in [0.2, 0.25) is 0 Å². The fourth-order valence-corrected chi connectivity index (χ4v) is 4.99. The van der Waals surface area contributed by atoms with E-state index < -0.39 is 22.1 Å². The number of benzene rings is 1. The lowest BCUT2D eigenvalue weighted by Gasteiger charge is -2.35. The summed E-state index contributed by atoms with van der Waals surface area (Å²) in [4.78, 5) is 18.0. The Morgan fingerprint density at radius 2 is 2.13 bits per heavy atom. The molecule has 1 amide bonds. The number of anilines is 2. The third-order valence-corrected chi connectivity index (χ3v) is 7.49. The molecule has 2 aromatic heterocycles. The lowest BCUT2D eigenvalue weighted by atomic mass is 10.0. The molecule has 1 saturated heterocycles. The van der Waals surface area contributed by atoms with E-state index in [1.54, 1.807) is 12.1 Å². The minimum atomic E-state index is -3.35. The second kappa shape index (κ2) is 11.1. The number of rotatable bonds is 7. The van der Waals surface area contributed by atoms with Crippen molar-refractivity contribution >= 4 is 38.8 Å². The molecule has 1 aliphatic heterocycles. The first-order valence-corrected chi connectivity index (χ1v) is 13.9. The molecule has 0 saturated carbocycles. The summed E-state index contributed by atoms with van der Waals surface area (Å²) in [5.74, 6) is 6.35. The molecule has 2 N–H and O–H groups in total. The van der Waals surface area contributed by atoms with Crippen LogP contribution in [0.25, 0.3) is 11.7 Å². The first kappa shape index (κ1) is 27.0. The summed E-state index contributed by atoms with van der Waals surface area (Å²) in [5, 5.41) is 6.40. The standard InChI is InChI=1S/C27H30FN5O4S/c1-5-25-22(8-6-13-29-23-11-10-19(38(4,35)36)16-26(23)37-3)31-27-24(9-7-14-33(25)27)30-21-12-15-32(18(2)34)17-20(21)28/h5,7,9-11,14,16,20-21,29-30H,1,12-13,15,17H2,2-4H3/t20-,21+/m0/s1. The average molecular weight is 540 g/mol. The lowest BCUT2D eigenvalue weighted by Crippen LogP contribution is -2.49. The second-order valence-corrected chi connectivity index (χ2v) is 11.0. The third kappa shape index (κ3) is 5.75. The number of methoxy groups -OCH3 is 1. The van der Waals surface area contributed by atoms with Crippen molar-refractivity contribution in [3.63, 3.8) is 0 Å². The highest BCUT2D eigenvalue weighted by Gasteiger charge is 2.30. The Balaban J connectivity index is 1.52. The summed E-state index contributed by atoms with van der Waals surface area (Å²) < 4.78 is 45.6. The molecule has 0 radical (unpaired) electrons. The van der Waals surface area contributed by atoms with E-state index >= 15 is 0 Å². The van der Waals surface area contributed by atoms with Gasteiger partial charge in [-0.1, -0.05) is 12.5 Å². The number of piperidine rings is 1. The number of sulfone groups is 1. The van der Waals surface area contributed by atoms with Gasteiger partial charge in [0.15, 0.2) is 15.5 Å². The number of hydrogen-bond acceptors (Lipinski definition) is 7. The largest absolute Gasteiger partial charge is 0.495 e. The van der Waals surface area contributed by atoms with Crippen molar-refractivity contribution in [3.8, 4) is 17.6 Å². The van der Waals surface area contributed by atoms with Gasteiger partial charge in [-0.3, -0.25) is 9.20 Å². The smallest absolute Gasteiger partial charge is 0.219 e. The van der Waals surface area contributed by atoms with Gasteiger partial charge in [0.05, 0.1) is 48.2 Å². The number of fused-ring (bicyclic) bond motifs is 1. The van der Waals surface area contributed by atoms with E-state index in [1.165, 1.54) is 31.1 Å². The Morgan fingerprint density at radius 1 is 1.34 bits per heavy atom. The minimum Gasteiger partial charge on any atom is -0.495 e. The second-order valence-electron chi connectivity index (χ2n) is 8.98. The SMILES string of the molecule is C=Cc1c(C#CCNc2ccc(S(C)(=O)=O)cc2OC)nc2c(N[C@@H]3CCN(C(C)=O)C[C@@H]3F)cccn12. The summed E-state index contributed by atoms with van der Waals surface area (Å²) in [7, 11) is -1.89. The number of likely N-dealkylation sites (tertiary alicyclic amines) is 1. The highest BCUT2D eigenvalue weighted by atomic mass is 32.2. The highest BCUT2D eigenvalue weighted by molar-refractivity contribution is 7.90. The van der Waals surface area contributed by atoms with Crippen molar-refractivity contribution in [1.82, 2.24) is 14.3 Å². The number of pyridine rings is 1. The molecule has 3 aromatic rings. The van der Waals surface area contributed by atoms with Crippen LogP contribution in [0.4, 0.5) is 15.8 Å². The van der Waals surface area contributed by atoms with E-state index in [1.807, 2.05) is 22.7 Å². The fraction of sp³-hybridized carbons (Fsp3) is 0.333. The molecule has 2 atom stereocenters. The van der Waals surface area contributed by atoms with Gasteiger partial charge in [0, 0.05) is 32.0 Å². The zero-order chi connectivity index (χ0) is 27.4. The van der Waals surface area contributed by atoms with E-state index in [0.29, 0.717) is 47.1 Å². The zero-order valence-corrected chi connectivity index (χ0v) is 22.3. The first-order chi connectivity index (χ1) is 18.1. The van der Waals surface area contributed by atoms with Gasteiger partial charge in [0.1, 0.15) is 17.6 Å². The average Bonchev–Trinajstić information content (AvgIpc) is 3.25. The Labute approximate surface area is 221 Å². The molecule has 4 rings (SSSR count). The molecule has 3 heterocycles. The number of nitrogens with zero attached hydrogens (tertiary/aromatic N) is 3. The highest BCUT2D eigenvalue weighted by Crippen LogP contribution is 2.28. The Morgan fingerprint density at radius 3 is 2.79 bits per heavy atom. The topological polar surface area (TPSA) is 105 Å². The van der Waals surface area contributed by atoms with Gasteiger partial charge in [-0.05, 0) is 42.7 Å². The van der Waals surface area contributed by atoms with Crippen molar-refractivity contribution in [2.24, 2.45) is 0 Å². The van der Waals surface area contributed by atoms with Gasteiger partial charge < -0.3 is 20.3 Å². The lowest BCUT2D eigenvalue weighted by molar-refractivity contribution is -0.131. The molecular weight excluding hydrogens is 509 g/mol. The molecule has 11 heteroatoms. The number of carbonyl (C=O) groups is 1. The molecule has 1 aromatic carbocycles. The number of nitrogens with one attached hydrogen (secondary N) is 2. The Bertz CT molecular complexity index is 1540. The normalized spacial score (nSPS) is 17.4. The Hall–Kier alpha value is -4.04. The molecule has 0 aliphatic carbocycles. The predicted octanol–water partition coefficient (Wildman–Crippen LogP) is 3.22. The number of ether oxygens (including phenoxy) is 1. The van der Waals surface area contributed by atoms with Crippen molar-refractivity contribution in [1.29, 1.82) is 0 Å². The fourth-order valence-electron chi connectivity index (χ4n) is 4.35. The van der Waals surface area contributed by atoms with Gasteiger partial charge in [-0.15, -0.1) is 0 Å². The monoisotopic (exact) mass is 539 g/mol. The maximum absolute atomic E-state index is 14.8. The van der Waals surface area contributed by atoms with Crippen LogP contribution in [0.1, 0.15) is 24.7 Å². The number of imidazole rings is 1. The zero-order valence-electron chi connectivity index (χ0n) is 21.5. The van der Waals surface area contributed by atoms with Gasteiger partial charge in [0.25, 0.3) is 0 Å². The van der Waals surface area contributed by atoms with Gasteiger partial charge in [-0.2, -0.15) is 0 Å². The molecule has 0 bridgehead atoms. The number of amides is 1. The van der Waals surface area contributed by atoms with Crippen molar-refractivity contribution < 1.29 is 22.3 Å². The van der Waals surface area contributed by atoms with E-state index in [9.17, 15) is 17.6 Å². The van der Waals surface area contributed by atoms with Crippen molar-refractivity contribution in [3.05, 3.63) is 54.5 Å². The summed E-state index contributed by atoms with van der Waals surface area (Å²) in [5.41, 5.74) is 3.09. The summed E-state index contributed by atoms with van der Waals surface area (Å²) in [6, 6.07) is 7.84. The van der Waals surface area contributed by atoms with E-state index in [0.717, 1.165) is 6.26 Å². The minimum absolute atomic E-state index is 0.0635.